The quantitative estimate of drug-likeness (QED) is 0.774. The number of esters is 1. The first kappa shape index (κ1) is 18.1. The fourth-order valence-corrected chi connectivity index (χ4v) is 3.24. The van der Waals surface area contributed by atoms with Crippen LogP contribution in [0.15, 0.2) is 18.2 Å². The lowest BCUT2D eigenvalue weighted by atomic mass is 9.97. The lowest BCUT2D eigenvalue weighted by Crippen LogP contribution is -2.49. The molecule has 0 aliphatic carbocycles. The minimum atomic E-state index is -0.601. The van der Waals surface area contributed by atoms with Crippen molar-refractivity contribution in [2.45, 2.75) is 45.2 Å². The van der Waals surface area contributed by atoms with Gasteiger partial charge in [0.15, 0.2) is 18.1 Å². The van der Waals surface area contributed by atoms with Crippen LogP contribution in [0.4, 0.5) is 0 Å². The molecule has 0 radical (unpaired) electrons. The second-order valence-corrected chi connectivity index (χ2v) is 6.05. The van der Waals surface area contributed by atoms with Crippen LogP contribution in [0.3, 0.4) is 0 Å². The Labute approximate surface area is 142 Å². The Morgan fingerprint density at radius 2 is 1.79 bits per heavy atom. The maximum absolute atomic E-state index is 12.4. The third-order valence-corrected chi connectivity index (χ3v) is 4.43. The lowest BCUT2D eigenvalue weighted by Gasteiger charge is -2.38. The van der Waals surface area contributed by atoms with Gasteiger partial charge < -0.3 is 19.1 Å². The molecule has 1 saturated heterocycles. The number of methoxy groups -OCH3 is 2. The fourth-order valence-electron chi connectivity index (χ4n) is 3.24. The summed E-state index contributed by atoms with van der Waals surface area (Å²) in [5.74, 6) is -0.0185. The Bertz CT molecular complexity index is 591. The number of benzene rings is 1. The molecule has 1 fully saturated rings. The summed E-state index contributed by atoms with van der Waals surface area (Å²) in [6.07, 6.45) is 3.08. The average Bonchev–Trinajstić information content (AvgIpc) is 2.58. The molecule has 1 heterocycles. The van der Waals surface area contributed by atoms with E-state index in [0.717, 1.165) is 19.3 Å². The van der Waals surface area contributed by atoms with Crippen molar-refractivity contribution >= 4 is 11.9 Å². The van der Waals surface area contributed by atoms with Crippen LogP contribution < -0.4 is 9.47 Å². The van der Waals surface area contributed by atoms with Crippen molar-refractivity contribution < 1.29 is 23.8 Å². The molecule has 6 nitrogen and oxygen atoms in total. The van der Waals surface area contributed by atoms with Crippen molar-refractivity contribution in [3.63, 3.8) is 0 Å². The Hall–Kier alpha value is -2.24. The molecule has 1 aliphatic heterocycles. The van der Waals surface area contributed by atoms with Crippen LogP contribution in [-0.4, -0.2) is 49.7 Å². The van der Waals surface area contributed by atoms with Crippen LogP contribution in [0.5, 0.6) is 11.5 Å². The summed E-state index contributed by atoms with van der Waals surface area (Å²) in [6.45, 7) is 3.79. The predicted molar refractivity (Wildman–Crippen MR) is 89.4 cm³/mol. The van der Waals surface area contributed by atoms with E-state index in [-0.39, 0.29) is 30.2 Å². The van der Waals surface area contributed by atoms with Crippen molar-refractivity contribution in [2.75, 3.05) is 20.8 Å². The molecule has 0 saturated carbocycles. The molecule has 0 unspecified atom stereocenters. The lowest BCUT2D eigenvalue weighted by molar-refractivity contribution is -0.140. The van der Waals surface area contributed by atoms with E-state index in [9.17, 15) is 9.59 Å². The van der Waals surface area contributed by atoms with Gasteiger partial charge in [-0.05, 0) is 45.2 Å². The van der Waals surface area contributed by atoms with Crippen LogP contribution >= 0.6 is 0 Å². The summed E-state index contributed by atoms with van der Waals surface area (Å²) in [5, 5.41) is 0. The maximum atomic E-state index is 12.4. The van der Waals surface area contributed by atoms with E-state index in [2.05, 4.69) is 0 Å². The topological polar surface area (TPSA) is 65.1 Å². The molecular formula is C18H25NO5. The second kappa shape index (κ2) is 8.04. The Morgan fingerprint density at radius 1 is 1.12 bits per heavy atom. The van der Waals surface area contributed by atoms with E-state index in [0.29, 0.717) is 11.5 Å². The van der Waals surface area contributed by atoms with Crippen molar-refractivity contribution in [3.8, 4) is 11.5 Å². The van der Waals surface area contributed by atoms with Crippen molar-refractivity contribution in [3.05, 3.63) is 23.8 Å². The summed E-state index contributed by atoms with van der Waals surface area (Å²) < 4.78 is 15.6. The van der Waals surface area contributed by atoms with Gasteiger partial charge in [0.25, 0.3) is 5.91 Å². The van der Waals surface area contributed by atoms with Gasteiger partial charge in [-0.3, -0.25) is 4.79 Å². The smallest absolute Gasteiger partial charge is 0.342 e. The predicted octanol–water partition coefficient (Wildman–Crippen LogP) is 2.65. The summed E-state index contributed by atoms with van der Waals surface area (Å²) in [5.41, 5.74) is 0.240. The number of hydrogen-bond donors (Lipinski definition) is 0. The molecule has 1 aliphatic rings. The summed E-state index contributed by atoms with van der Waals surface area (Å²) in [7, 11) is 2.95. The zero-order valence-electron chi connectivity index (χ0n) is 14.7. The molecule has 1 aromatic rings. The number of carbonyl (C=O) groups is 2. The van der Waals surface area contributed by atoms with E-state index in [1.165, 1.54) is 14.2 Å². The van der Waals surface area contributed by atoms with Gasteiger partial charge in [0.1, 0.15) is 5.56 Å². The number of para-hydroxylation sites is 1. The van der Waals surface area contributed by atoms with E-state index < -0.39 is 5.97 Å². The molecule has 1 amide bonds. The molecule has 2 atom stereocenters. The van der Waals surface area contributed by atoms with Gasteiger partial charge in [0.05, 0.1) is 14.2 Å². The molecule has 1 aromatic carbocycles. The van der Waals surface area contributed by atoms with Crippen LogP contribution in [0.2, 0.25) is 0 Å². The van der Waals surface area contributed by atoms with Gasteiger partial charge in [-0.25, -0.2) is 4.79 Å². The maximum Gasteiger partial charge on any atom is 0.342 e. The molecule has 6 heteroatoms. The highest BCUT2D eigenvalue weighted by atomic mass is 16.5. The summed E-state index contributed by atoms with van der Waals surface area (Å²) >= 11 is 0. The molecule has 0 N–H and O–H groups in total. The normalized spacial score (nSPS) is 20.4. The van der Waals surface area contributed by atoms with E-state index >= 15 is 0 Å². The first-order valence-corrected chi connectivity index (χ1v) is 8.18. The fraction of sp³-hybridized carbons (Fsp3) is 0.556. The van der Waals surface area contributed by atoms with Gasteiger partial charge >= 0.3 is 5.97 Å². The van der Waals surface area contributed by atoms with Crippen molar-refractivity contribution in [1.29, 1.82) is 0 Å². The van der Waals surface area contributed by atoms with Crippen molar-refractivity contribution in [1.82, 2.24) is 4.90 Å². The van der Waals surface area contributed by atoms with Crippen LogP contribution in [0.1, 0.15) is 43.5 Å². The van der Waals surface area contributed by atoms with Crippen LogP contribution in [0.25, 0.3) is 0 Å². The number of rotatable bonds is 5. The minimum absolute atomic E-state index is 0.162. The average molecular weight is 335 g/mol. The van der Waals surface area contributed by atoms with Gasteiger partial charge in [-0.15, -0.1) is 0 Å². The van der Waals surface area contributed by atoms with Crippen molar-refractivity contribution in [2.24, 2.45) is 0 Å². The Kier molecular flexibility index (Phi) is 6.06. The number of carbonyl (C=O) groups excluding carboxylic acids is 2. The van der Waals surface area contributed by atoms with Gasteiger partial charge in [-0.2, -0.15) is 0 Å². The molecule has 24 heavy (non-hydrogen) atoms. The van der Waals surface area contributed by atoms with E-state index in [4.69, 9.17) is 14.2 Å². The number of piperidine rings is 1. The second-order valence-electron chi connectivity index (χ2n) is 6.05. The highest BCUT2D eigenvalue weighted by molar-refractivity contribution is 5.95. The summed E-state index contributed by atoms with van der Waals surface area (Å²) in [4.78, 5) is 26.6. The molecule has 132 valence electrons. The first-order valence-electron chi connectivity index (χ1n) is 8.18. The minimum Gasteiger partial charge on any atom is -0.493 e. The largest absolute Gasteiger partial charge is 0.493 e. The van der Waals surface area contributed by atoms with Crippen LogP contribution in [-0.2, 0) is 9.53 Å². The van der Waals surface area contributed by atoms with Crippen LogP contribution in [0, 0.1) is 0 Å². The van der Waals surface area contributed by atoms with Gasteiger partial charge in [0.2, 0.25) is 0 Å². The third kappa shape index (κ3) is 3.80. The number of nitrogens with zero attached hydrogens (tertiary/aromatic N) is 1. The zero-order chi connectivity index (χ0) is 17.7. The molecule has 2 rings (SSSR count). The molecule has 0 bridgehead atoms. The molecule has 0 spiro atoms. The highest BCUT2D eigenvalue weighted by Gasteiger charge is 2.29. The SMILES string of the molecule is COc1cccc(C(=O)OCC(=O)N2[C@H](C)CCC[C@@H]2C)c1OC. The van der Waals surface area contributed by atoms with Gasteiger partial charge in [0, 0.05) is 12.1 Å². The molecular weight excluding hydrogens is 310 g/mol. The number of likely N-dealkylation sites (tertiary alicyclic amines) is 1. The number of amides is 1. The third-order valence-electron chi connectivity index (χ3n) is 4.43. The highest BCUT2D eigenvalue weighted by Crippen LogP contribution is 2.31. The number of ether oxygens (including phenoxy) is 3. The standard InChI is InChI=1S/C18H25NO5/c1-12-7-5-8-13(2)19(12)16(20)11-24-18(21)14-9-6-10-15(22-3)17(14)23-4/h6,9-10,12-13H,5,7-8,11H2,1-4H3/t12-,13+. The van der Waals surface area contributed by atoms with Gasteiger partial charge in [-0.1, -0.05) is 6.07 Å². The zero-order valence-corrected chi connectivity index (χ0v) is 14.7. The number of hydrogen-bond acceptors (Lipinski definition) is 5. The monoisotopic (exact) mass is 335 g/mol. The summed E-state index contributed by atoms with van der Waals surface area (Å²) in [6, 6.07) is 5.30. The Balaban J connectivity index is 2.04. The van der Waals surface area contributed by atoms with E-state index in [1.54, 1.807) is 18.2 Å². The van der Waals surface area contributed by atoms with E-state index in [1.807, 2.05) is 18.7 Å². The molecule has 0 aromatic heterocycles. The Morgan fingerprint density at radius 3 is 2.38 bits per heavy atom. The first-order chi connectivity index (χ1) is 11.5.